The first kappa shape index (κ1) is 14.8. The SMILES string of the molecule is Cc1csc(NC(=O)COc2cc(C)c(Cl)c(C)c2)n1. The standard InChI is InChI=1S/C14H15ClN2O2S/c1-8-4-11(5-9(2)13(8)15)19-6-12(18)17-14-16-10(3)7-20-14/h4-5,7H,6H2,1-3H3,(H,16,17,18). The Balaban J connectivity index is 1.93. The number of carbonyl (C=O) groups is 1. The van der Waals surface area contributed by atoms with Crippen molar-refractivity contribution in [2.45, 2.75) is 20.8 Å². The predicted octanol–water partition coefficient (Wildman–Crippen LogP) is 3.74. The third kappa shape index (κ3) is 3.71. The fourth-order valence-electron chi connectivity index (χ4n) is 1.71. The molecule has 1 aromatic carbocycles. The van der Waals surface area contributed by atoms with Crippen LogP contribution in [-0.4, -0.2) is 17.5 Å². The van der Waals surface area contributed by atoms with E-state index in [0.29, 0.717) is 10.9 Å². The Kier molecular flexibility index (Phi) is 4.62. The van der Waals surface area contributed by atoms with Crippen molar-refractivity contribution in [3.8, 4) is 5.75 Å². The molecule has 1 heterocycles. The van der Waals surface area contributed by atoms with Crippen LogP contribution in [0.3, 0.4) is 0 Å². The number of benzene rings is 1. The van der Waals surface area contributed by atoms with Crippen LogP contribution >= 0.6 is 22.9 Å². The molecule has 0 saturated heterocycles. The third-order valence-electron chi connectivity index (χ3n) is 2.65. The summed E-state index contributed by atoms with van der Waals surface area (Å²) in [5.74, 6) is 0.402. The molecule has 6 heteroatoms. The van der Waals surface area contributed by atoms with E-state index in [1.54, 1.807) is 0 Å². The average Bonchev–Trinajstić information content (AvgIpc) is 2.78. The highest BCUT2D eigenvalue weighted by atomic mass is 35.5. The molecule has 1 N–H and O–H groups in total. The van der Waals surface area contributed by atoms with E-state index in [-0.39, 0.29) is 12.5 Å². The second-order valence-corrected chi connectivity index (χ2v) is 5.74. The van der Waals surface area contributed by atoms with E-state index in [1.807, 2.05) is 38.3 Å². The van der Waals surface area contributed by atoms with Gasteiger partial charge in [-0.3, -0.25) is 10.1 Å². The zero-order valence-corrected chi connectivity index (χ0v) is 13.1. The van der Waals surface area contributed by atoms with Gasteiger partial charge in [-0.15, -0.1) is 11.3 Å². The van der Waals surface area contributed by atoms with Gasteiger partial charge in [-0.25, -0.2) is 4.98 Å². The Morgan fingerprint density at radius 3 is 2.55 bits per heavy atom. The molecule has 20 heavy (non-hydrogen) atoms. The zero-order valence-electron chi connectivity index (χ0n) is 11.5. The number of halogens is 1. The summed E-state index contributed by atoms with van der Waals surface area (Å²) in [5.41, 5.74) is 2.74. The molecule has 0 fully saturated rings. The number of thiazole rings is 1. The van der Waals surface area contributed by atoms with Gasteiger partial charge in [0.05, 0.1) is 5.69 Å². The smallest absolute Gasteiger partial charge is 0.264 e. The number of aromatic nitrogens is 1. The normalized spacial score (nSPS) is 10.4. The quantitative estimate of drug-likeness (QED) is 0.936. The van der Waals surface area contributed by atoms with Crippen LogP contribution in [0.2, 0.25) is 5.02 Å². The Morgan fingerprint density at radius 1 is 1.35 bits per heavy atom. The minimum absolute atomic E-state index is 0.0564. The van der Waals surface area contributed by atoms with Gasteiger partial charge in [0.2, 0.25) is 0 Å². The molecule has 0 aliphatic carbocycles. The highest BCUT2D eigenvalue weighted by Crippen LogP contribution is 2.25. The molecule has 0 aliphatic heterocycles. The number of carbonyl (C=O) groups excluding carboxylic acids is 1. The number of hydrogen-bond acceptors (Lipinski definition) is 4. The molecule has 1 aromatic heterocycles. The minimum atomic E-state index is -0.232. The van der Waals surface area contributed by atoms with E-state index in [4.69, 9.17) is 16.3 Å². The second kappa shape index (κ2) is 6.24. The molecular weight excluding hydrogens is 296 g/mol. The minimum Gasteiger partial charge on any atom is -0.484 e. The molecule has 0 bridgehead atoms. The maximum absolute atomic E-state index is 11.7. The second-order valence-electron chi connectivity index (χ2n) is 4.50. The summed E-state index contributed by atoms with van der Waals surface area (Å²) in [6.07, 6.45) is 0. The van der Waals surface area contributed by atoms with Crippen LogP contribution in [0.4, 0.5) is 5.13 Å². The topological polar surface area (TPSA) is 51.2 Å². The summed E-state index contributed by atoms with van der Waals surface area (Å²) in [6, 6.07) is 3.63. The first-order valence-electron chi connectivity index (χ1n) is 6.07. The highest BCUT2D eigenvalue weighted by Gasteiger charge is 2.08. The number of nitrogens with zero attached hydrogens (tertiary/aromatic N) is 1. The van der Waals surface area contributed by atoms with Crippen molar-refractivity contribution in [1.29, 1.82) is 0 Å². The van der Waals surface area contributed by atoms with Crippen LogP contribution in [0, 0.1) is 20.8 Å². The van der Waals surface area contributed by atoms with Gasteiger partial charge >= 0.3 is 0 Å². The lowest BCUT2D eigenvalue weighted by Crippen LogP contribution is -2.20. The van der Waals surface area contributed by atoms with E-state index in [2.05, 4.69) is 10.3 Å². The maximum atomic E-state index is 11.7. The Hall–Kier alpha value is -1.59. The third-order valence-corrected chi connectivity index (χ3v) is 4.12. The average molecular weight is 311 g/mol. The summed E-state index contributed by atoms with van der Waals surface area (Å²) in [7, 11) is 0. The first-order chi connectivity index (χ1) is 9.45. The van der Waals surface area contributed by atoms with Crippen molar-refractivity contribution in [3.63, 3.8) is 0 Å². The van der Waals surface area contributed by atoms with E-state index < -0.39 is 0 Å². The van der Waals surface area contributed by atoms with Gasteiger partial charge in [0, 0.05) is 10.4 Å². The number of rotatable bonds is 4. The largest absolute Gasteiger partial charge is 0.484 e. The zero-order chi connectivity index (χ0) is 14.7. The van der Waals surface area contributed by atoms with Crippen molar-refractivity contribution in [1.82, 2.24) is 4.98 Å². The van der Waals surface area contributed by atoms with Crippen LogP contribution in [-0.2, 0) is 4.79 Å². The van der Waals surface area contributed by atoms with Crippen molar-refractivity contribution in [3.05, 3.63) is 39.4 Å². The number of aryl methyl sites for hydroxylation is 3. The predicted molar refractivity (Wildman–Crippen MR) is 81.9 cm³/mol. The summed E-state index contributed by atoms with van der Waals surface area (Å²) in [5, 5.41) is 5.87. The highest BCUT2D eigenvalue weighted by molar-refractivity contribution is 7.13. The number of amides is 1. The monoisotopic (exact) mass is 310 g/mol. The summed E-state index contributed by atoms with van der Waals surface area (Å²) < 4.78 is 5.47. The summed E-state index contributed by atoms with van der Waals surface area (Å²) in [6.45, 7) is 5.63. The Labute approximate surface area is 126 Å². The van der Waals surface area contributed by atoms with E-state index in [9.17, 15) is 4.79 Å². The summed E-state index contributed by atoms with van der Waals surface area (Å²) >= 11 is 7.47. The van der Waals surface area contributed by atoms with Gasteiger partial charge in [0.25, 0.3) is 5.91 Å². The van der Waals surface area contributed by atoms with E-state index in [0.717, 1.165) is 21.8 Å². The van der Waals surface area contributed by atoms with Crippen molar-refractivity contribution in [2.75, 3.05) is 11.9 Å². The number of nitrogens with one attached hydrogen (secondary N) is 1. The molecule has 0 radical (unpaired) electrons. The van der Waals surface area contributed by atoms with Gasteiger partial charge < -0.3 is 4.74 Å². The first-order valence-corrected chi connectivity index (χ1v) is 7.33. The number of anilines is 1. The molecule has 0 spiro atoms. The fraction of sp³-hybridized carbons (Fsp3) is 0.286. The lowest BCUT2D eigenvalue weighted by Gasteiger charge is -2.09. The lowest BCUT2D eigenvalue weighted by molar-refractivity contribution is -0.118. The molecule has 0 aliphatic rings. The van der Waals surface area contributed by atoms with Crippen molar-refractivity contribution >= 4 is 34.0 Å². The fourth-order valence-corrected chi connectivity index (χ4v) is 2.52. The molecular formula is C14H15ClN2O2S. The molecule has 0 unspecified atom stereocenters. The molecule has 0 saturated carbocycles. The van der Waals surface area contributed by atoms with Crippen LogP contribution < -0.4 is 10.1 Å². The maximum Gasteiger partial charge on any atom is 0.264 e. The molecule has 0 atom stereocenters. The Bertz CT molecular complexity index is 617. The number of ether oxygens (including phenoxy) is 1. The van der Waals surface area contributed by atoms with Crippen LogP contribution in [0.15, 0.2) is 17.5 Å². The van der Waals surface area contributed by atoms with Gasteiger partial charge in [0.15, 0.2) is 11.7 Å². The van der Waals surface area contributed by atoms with E-state index >= 15 is 0 Å². The van der Waals surface area contributed by atoms with Crippen LogP contribution in [0.1, 0.15) is 16.8 Å². The summed E-state index contributed by atoms with van der Waals surface area (Å²) in [4.78, 5) is 15.9. The van der Waals surface area contributed by atoms with Crippen molar-refractivity contribution in [2.24, 2.45) is 0 Å². The lowest BCUT2D eigenvalue weighted by atomic mass is 10.1. The van der Waals surface area contributed by atoms with Gasteiger partial charge in [-0.2, -0.15) is 0 Å². The number of hydrogen-bond donors (Lipinski definition) is 1. The molecule has 4 nitrogen and oxygen atoms in total. The van der Waals surface area contributed by atoms with Crippen LogP contribution in [0.25, 0.3) is 0 Å². The Morgan fingerprint density at radius 2 is 2.00 bits per heavy atom. The molecule has 2 rings (SSSR count). The van der Waals surface area contributed by atoms with Crippen LogP contribution in [0.5, 0.6) is 5.75 Å². The van der Waals surface area contributed by atoms with E-state index in [1.165, 1.54) is 11.3 Å². The van der Waals surface area contributed by atoms with Gasteiger partial charge in [0.1, 0.15) is 5.75 Å². The molecule has 2 aromatic rings. The molecule has 106 valence electrons. The molecule has 1 amide bonds. The van der Waals surface area contributed by atoms with Gasteiger partial charge in [-0.05, 0) is 44.0 Å². The van der Waals surface area contributed by atoms with Crippen molar-refractivity contribution < 1.29 is 9.53 Å². The van der Waals surface area contributed by atoms with Gasteiger partial charge in [-0.1, -0.05) is 11.6 Å².